The second kappa shape index (κ2) is 9.22. The molecule has 2 heteroatoms. The zero-order chi connectivity index (χ0) is 14.9. The molecule has 2 rings (SSSR count). The number of benzene rings is 1. The molecule has 0 heterocycles. The van der Waals surface area contributed by atoms with Crippen LogP contribution in [0.25, 0.3) is 0 Å². The van der Waals surface area contributed by atoms with E-state index in [1.54, 1.807) is 0 Å². The minimum Gasteiger partial charge on any atom is -0.379 e. The summed E-state index contributed by atoms with van der Waals surface area (Å²) in [6.07, 6.45) is 8.13. The molecule has 1 aromatic carbocycles. The molecule has 1 aliphatic carbocycles. The summed E-state index contributed by atoms with van der Waals surface area (Å²) in [7, 11) is 0. The van der Waals surface area contributed by atoms with Crippen molar-refractivity contribution in [2.24, 2.45) is 0 Å². The summed E-state index contributed by atoms with van der Waals surface area (Å²) in [6, 6.07) is 11.7. The van der Waals surface area contributed by atoms with Crippen LogP contribution in [0, 0.1) is 0 Å². The van der Waals surface area contributed by atoms with Gasteiger partial charge in [-0.15, -0.1) is 0 Å². The highest BCUT2D eigenvalue weighted by Crippen LogP contribution is 2.32. The molecule has 2 unspecified atom stereocenters. The number of unbranched alkanes of at least 4 members (excludes halogenated alkanes) is 1. The van der Waals surface area contributed by atoms with Crippen LogP contribution in [0.1, 0.15) is 63.9 Å². The standard InChI is InChI=1S/C19H31NO/c1-16(2)21-15-9-8-14-20-19-13-7-6-12-18(19)17-10-4-3-5-11-17/h3-5,10-11,16,18-20H,6-9,12-15H2,1-2H3. The first kappa shape index (κ1) is 16.5. The van der Waals surface area contributed by atoms with E-state index >= 15 is 0 Å². The Balaban J connectivity index is 1.72. The molecule has 0 aliphatic heterocycles. The fraction of sp³-hybridized carbons (Fsp3) is 0.684. The molecule has 1 N–H and O–H groups in total. The van der Waals surface area contributed by atoms with Crippen molar-refractivity contribution in [2.75, 3.05) is 13.2 Å². The molecule has 2 nitrogen and oxygen atoms in total. The van der Waals surface area contributed by atoms with Crippen LogP contribution >= 0.6 is 0 Å². The Morgan fingerprint density at radius 3 is 2.62 bits per heavy atom. The summed E-state index contributed by atoms with van der Waals surface area (Å²) in [5, 5.41) is 3.80. The van der Waals surface area contributed by atoms with Gasteiger partial charge in [0, 0.05) is 12.6 Å². The Kier molecular flexibility index (Phi) is 7.25. The number of rotatable bonds is 8. The molecule has 1 saturated carbocycles. The number of hydrogen-bond donors (Lipinski definition) is 1. The van der Waals surface area contributed by atoms with Gasteiger partial charge in [0.25, 0.3) is 0 Å². The van der Waals surface area contributed by atoms with Gasteiger partial charge in [0.1, 0.15) is 0 Å². The van der Waals surface area contributed by atoms with Crippen molar-refractivity contribution in [1.82, 2.24) is 5.32 Å². The van der Waals surface area contributed by atoms with E-state index in [-0.39, 0.29) is 0 Å². The average Bonchev–Trinajstić information content (AvgIpc) is 2.52. The quantitative estimate of drug-likeness (QED) is 0.711. The first-order valence-electron chi connectivity index (χ1n) is 8.67. The second-order valence-corrected chi connectivity index (χ2v) is 6.49. The summed E-state index contributed by atoms with van der Waals surface area (Å²) >= 11 is 0. The second-order valence-electron chi connectivity index (χ2n) is 6.49. The van der Waals surface area contributed by atoms with Crippen LogP contribution in [0.15, 0.2) is 30.3 Å². The fourth-order valence-electron chi connectivity index (χ4n) is 3.31. The van der Waals surface area contributed by atoms with Crippen LogP contribution in [0.2, 0.25) is 0 Å². The summed E-state index contributed by atoms with van der Waals surface area (Å²) < 4.78 is 5.60. The highest BCUT2D eigenvalue weighted by molar-refractivity contribution is 5.21. The molecule has 0 bridgehead atoms. The highest BCUT2D eigenvalue weighted by Gasteiger charge is 2.25. The molecular weight excluding hydrogens is 258 g/mol. The van der Waals surface area contributed by atoms with Crippen molar-refractivity contribution in [1.29, 1.82) is 0 Å². The molecule has 1 aliphatic rings. The first-order chi connectivity index (χ1) is 10.3. The van der Waals surface area contributed by atoms with Gasteiger partial charge in [0.05, 0.1) is 6.10 Å². The van der Waals surface area contributed by atoms with Crippen molar-refractivity contribution >= 4 is 0 Å². The van der Waals surface area contributed by atoms with Crippen LogP contribution in [0.4, 0.5) is 0 Å². The fourth-order valence-corrected chi connectivity index (χ4v) is 3.31. The molecule has 1 fully saturated rings. The van der Waals surface area contributed by atoms with Gasteiger partial charge < -0.3 is 10.1 Å². The van der Waals surface area contributed by atoms with Crippen molar-refractivity contribution in [3.63, 3.8) is 0 Å². The van der Waals surface area contributed by atoms with Gasteiger partial charge in [-0.2, -0.15) is 0 Å². The van der Waals surface area contributed by atoms with Crippen molar-refractivity contribution < 1.29 is 4.74 Å². The van der Waals surface area contributed by atoms with Gasteiger partial charge >= 0.3 is 0 Å². The average molecular weight is 289 g/mol. The zero-order valence-electron chi connectivity index (χ0n) is 13.7. The van der Waals surface area contributed by atoms with Gasteiger partial charge in [0.15, 0.2) is 0 Å². The molecule has 2 atom stereocenters. The van der Waals surface area contributed by atoms with E-state index in [0.717, 1.165) is 19.6 Å². The van der Waals surface area contributed by atoms with E-state index < -0.39 is 0 Å². The minimum atomic E-state index is 0.360. The summed E-state index contributed by atoms with van der Waals surface area (Å²) in [5.41, 5.74) is 1.51. The summed E-state index contributed by atoms with van der Waals surface area (Å²) in [5.74, 6) is 0.701. The lowest BCUT2D eigenvalue weighted by molar-refractivity contribution is 0.0758. The zero-order valence-corrected chi connectivity index (χ0v) is 13.7. The molecule has 118 valence electrons. The normalized spacial score (nSPS) is 22.6. The third-order valence-corrected chi connectivity index (χ3v) is 4.42. The molecule has 0 radical (unpaired) electrons. The van der Waals surface area contributed by atoms with E-state index in [0.29, 0.717) is 18.1 Å². The van der Waals surface area contributed by atoms with Gasteiger partial charge in [0.2, 0.25) is 0 Å². The van der Waals surface area contributed by atoms with Gasteiger partial charge in [-0.05, 0) is 57.6 Å². The molecular formula is C19H31NO. The Bertz CT molecular complexity index is 376. The minimum absolute atomic E-state index is 0.360. The van der Waals surface area contributed by atoms with Gasteiger partial charge in [-0.25, -0.2) is 0 Å². The van der Waals surface area contributed by atoms with Crippen molar-refractivity contribution in [3.05, 3.63) is 35.9 Å². The molecule has 0 spiro atoms. The highest BCUT2D eigenvalue weighted by atomic mass is 16.5. The third-order valence-electron chi connectivity index (χ3n) is 4.42. The van der Waals surface area contributed by atoms with Crippen LogP contribution in [0.3, 0.4) is 0 Å². The molecule has 0 aromatic heterocycles. The smallest absolute Gasteiger partial charge is 0.0518 e. The van der Waals surface area contributed by atoms with E-state index in [9.17, 15) is 0 Å². The Hall–Kier alpha value is -0.860. The monoisotopic (exact) mass is 289 g/mol. The lowest BCUT2D eigenvalue weighted by Crippen LogP contribution is -2.37. The van der Waals surface area contributed by atoms with Crippen molar-refractivity contribution in [3.8, 4) is 0 Å². The third kappa shape index (κ3) is 5.80. The largest absolute Gasteiger partial charge is 0.379 e. The maximum absolute atomic E-state index is 5.60. The Morgan fingerprint density at radius 1 is 1.10 bits per heavy atom. The lowest BCUT2D eigenvalue weighted by atomic mass is 9.80. The first-order valence-corrected chi connectivity index (χ1v) is 8.67. The van der Waals surface area contributed by atoms with E-state index in [2.05, 4.69) is 49.5 Å². The van der Waals surface area contributed by atoms with E-state index in [1.165, 1.54) is 37.7 Å². The topological polar surface area (TPSA) is 21.3 Å². The van der Waals surface area contributed by atoms with Crippen LogP contribution in [0.5, 0.6) is 0 Å². The Labute approximate surface area is 130 Å². The number of nitrogens with one attached hydrogen (secondary N) is 1. The predicted molar refractivity (Wildman–Crippen MR) is 89.8 cm³/mol. The molecule has 0 amide bonds. The summed E-state index contributed by atoms with van der Waals surface area (Å²) in [4.78, 5) is 0. The Morgan fingerprint density at radius 2 is 1.86 bits per heavy atom. The van der Waals surface area contributed by atoms with E-state index in [4.69, 9.17) is 4.74 Å². The number of ether oxygens (including phenoxy) is 1. The maximum Gasteiger partial charge on any atom is 0.0518 e. The lowest BCUT2D eigenvalue weighted by Gasteiger charge is -2.33. The van der Waals surface area contributed by atoms with Gasteiger partial charge in [-0.1, -0.05) is 43.2 Å². The number of hydrogen-bond acceptors (Lipinski definition) is 2. The van der Waals surface area contributed by atoms with Crippen LogP contribution < -0.4 is 5.32 Å². The van der Waals surface area contributed by atoms with Crippen LogP contribution in [-0.4, -0.2) is 25.3 Å². The summed E-state index contributed by atoms with van der Waals surface area (Å²) in [6.45, 7) is 6.22. The van der Waals surface area contributed by atoms with Gasteiger partial charge in [-0.3, -0.25) is 0 Å². The maximum atomic E-state index is 5.60. The van der Waals surface area contributed by atoms with E-state index in [1.807, 2.05) is 0 Å². The van der Waals surface area contributed by atoms with Crippen LogP contribution in [-0.2, 0) is 4.74 Å². The predicted octanol–water partition coefficient (Wildman–Crippen LogP) is 4.51. The molecule has 1 aromatic rings. The molecule has 0 saturated heterocycles. The van der Waals surface area contributed by atoms with Crippen molar-refractivity contribution in [2.45, 2.75) is 70.4 Å². The molecule has 21 heavy (non-hydrogen) atoms. The SMILES string of the molecule is CC(C)OCCCCNC1CCCCC1c1ccccc1.